The van der Waals surface area contributed by atoms with Crippen LogP contribution in [0.1, 0.15) is 33.3 Å². The maximum Gasteiger partial charge on any atom is 0.491 e. The molecule has 2 heterocycles. The highest BCUT2D eigenvalue weighted by atomic mass is 16.7. The third-order valence-electron chi connectivity index (χ3n) is 4.88. The lowest BCUT2D eigenvalue weighted by molar-refractivity contribution is 0.00578. The third kappa shape index (κ3) is 3.05. The fourth-order valence-electron chi connectivity index (χ4n) is 2.69. The van der Waals surface area contributed by atoms with Gasteiger partial charge < -0.3 is 15.0 Å². The molecule has 6 heteroatoms. The van der Waals surface area contributed by atoms with Crippen LogP contribution in [0.2, 0.25) is 0 Å². The highest BCUT2D eigenvalue weighted by molar-refractivity contribution is 6.56. The van der Waals surface area contributed by atoms with Crippen LogP contribution in [0.5, 0.6) is 0 Å². The van der Waals surface area contributed by atoms with Gasteiger partial charge in [-0.2, -0.15) is 5.10 Å². The molecule has 1 aromatic carbocycles. The van der Waals surface area contributed by atoms with E-state index in [0.717, 1.165) is 22.3 Å². The van der Waals surface area contributed by atoms with Crippen LogP contribution in [0.4, 0.5) is 0 Å². The number of rotatable bonds is 4. The normalized spacial score (nSPS) is 19.7. The van der Waals surface area contributed by atoms with E-state index in [1.165, 1.54) is 0 Å². The fraction of sp³-hybridized carbons (Fsp3) is 0.389. The van der Waals surface area contributed by atoms with Crippen molar-refractivity contribution in [3.05, 3.63) is 47.6 Å². The second-order valence-electron chi connectivity index (χ2n) is 7.07. The van der Waals surface area contributed by atoms with Crippen molar-refractivity contribution >= 4 is 13.2 Å². The first kappa shape index (κ1) is 17.0. The Morgan fingerprint density at radius 2 is 1.83 bits per heavy atom. The molecule has 24 heavy (non-hydrogen) atoms. The van der Waals surface area contributed by atoms with Gasteiger partial charge in [0.1, 0.15) is 0 Å². The lowest BCUT2D eigenvalue weighted by atomic mass is 9.76. The van der Waals surface area contributed by atoms with Gasteiger partial charge in [-0.1, -0.05) is 30.3 Å². The second kappa shape index (κ2) is 6.20. The van der Waals surface area contributed by atoms with Gasteiger partial charge in [0, 0.05) is 18.3 Å². The zero-order valence-electron chi connectivity index (χ0n) is 14.7. The van der Waals surface area contributed by atoms with Crippen molar-refractivity contribution in [2.24, 2.45) is 5.73 Å². The second-order valence-corrected chi connectivity index (χ2v) is 7.07. The minimum absolute atomic E-state index is 0.369. The van der Waals surface area contributed by atoms with Gasteiger partial charge in [0.05, 0.1) is 16.9 Å². The van der Waals surface area contributed by atoms with E-state index in [9.17, 15) is 0 Å². The summed E-state index contributed by atoms with van der Waals surface area (Å²) < 4.78 is 12.3. The predicted molar refractivity (Wildman–Crippen MR) is 97.1 cm³/mol. The minimum Gasteiger partial charge on any atom is -0.400 e. The van der Waals surface area contributed by atoms with E-state index >= 15 is 0 Å². The molecule has 0 amide bonds. The number of hydrogen-bond donors (Lipinski definition) is 2. The van der Waals surface area contributed by atoms with Crippen LogP contribution in [0, 0.1) is 0 Å². The van der Waals surface area contributed by atoms with Crippen molar-refractivity contribution in [3.8, 4) is 11.3 Å². The van der Waals surface area contributed by atoms with Crippen molar-refractivity contribution in [2.75, 3.05) is 6.54 Å². The Morgan fingerprint density at radius 1 is 1.17 bits per heavy atom. The Hall–Kier alpha value is -1.89. The van der Waals surface area contributed by atoms with E-state index in [1.807, 2.05) is 45.9 Å². The number of aromatic nitrogens is 2. The smallest absolute Gasteiger partial charge is 0.400 e. The van der Waals surface area contributed by atoms with Crippen molar-refractivity contribution < 1.29 is 9.31 Å². The molecule has 1 aliphatic rings. The quantitative estimate of drug-likeness (QED) is 0.848. The van der Waals surface area contributed by atoms with Gasteiger partial charge >= 0.3 is 7.12 Å². The van der Waals surface area contributed by atoms with Crippen molar-refractivity contribution in [1.29, 1.82) is 0 Å². The number of hydrogen-bond acceptors (Lipinski definition) is 4. The molecular weight excluding hydrogens is 301 g/mol. The van der Waals surface area contributed by atoms with Gasteiger partial charge in [-0.3, -0.25) is 5.10 Å². The van der Waals surface area contributed by atoms with Gasteiger partial charge in [-0.05, 0) is 44.8 Å². The lowest BCUT2D eigenvalue weighted by Crippen LogP contribution is -2.41. The zero-order valence-corrected chi connectivity index (χ0v) is 14.7. The van der Waals surface area contributed by atoms with E-state index in [1.54, 1.807) is 6.20 Å². The minimum atomic E-state index is -0.435. The molecule has 5 nitrogen and oxygen atoms in total. The summed E-state index contributed by atoms with van der Waals surface area (Å²) in [6.45, 7) is 8.53. The molecule has 0 radical (unpaired) electrons. The lowest BCUT2D eigenvalue weighted by Gasteiger charge is -2.32. The van der Waals surface area contributed by atoms with Crippen LogP contribution in [0.3, 0.4) is 0 Å². The number of aromatic amines is 1. The summed E-state index contributed by atoms with van der Waals surface area (Å²) in [6, 6.07) is 10.1. The monoisotopic (exact) mass is 325 g/mol. The Morgan fingerprint density at radius 3 is 2.42 bits per heavy atom. The molecule has 3 rings (SSSR count). The van der Waals surface area contributed by atoms with Gasteiger partial charge in [0.2, 0.25) is 0 Å². The maximum atomic E-state index is 6.13. The summed E-state index contributed by atoms with van der Waals surface area (Å²) in [4.78, 5) is 0. The zero-order chi connectivity index (χ0) is 17.4. The van der Waals surface area contributed by atoms with Crippen LogP contribution < -0.4 is 5.73 Å². The average molecular weight is 325 g/mol. The molecule has 1 aromatic heterocycles. The Bertz CT molecular complexity index is 722. The summed E-state index contributed by atoms with van der Waals surface area (Å²) in [5.74, 6) is 0. The third-order valence-corrected chi connectivity index (χ3v) is 4.88. The Labute approximate surface area is 143 Å². The van der Waals surface area contributed by atoms with Crippen LogP contribution in [-0.2, 0) is 9.31 Å². The largest absolute Gasteiger partial charge is 0.491 e. The first-order valence-corrected chi connectivity index (χ1v) is 8.19. The molecule has 1 fully saturated rings. The summed E-state index contributed by atoms with van der Waals surface area (Å²) in [5.41, 5.74) is 9.24. The molecule has 0 aliphatic carbocycles. The Balaban J connectivity index is 1.96. The van der Waals surface area contributed by atoms with E-state index in [0.29, 0.717) is 6.54 Å². The van der Waals surface area contributed by atoms with Gasteiger partial charge in [-0.25, -0.2) is 0 Å². The van der Waals surface area contributed by atoms with Crippen molar-refractivity contribution in [2.45, 2.75) is 38.9 Å². The van der Waals surface area contributed by atoms with Gasteiger partial charge in [0.15, 0.2) is 0 Å². The topological polar surface area (TPSA) is 73.2 Å². The first-order valence-electron chi connectivity index (χ1n) is 8.19. The molecule has 0 unspecified atom stereocenters. The molecule has 1 aliphatic heterocycles. The molecule has 126 valence electrons. The number of nitrogens with two attached hydrogens (primary N) is 1. The molecule has 1 saturated heterocycles. The van der Waals surface area contributed by atoms with Crippen molar-refractivity contribution in [3.63, 3.8) is 0 Å². The highest BCUT2D eigenvalue weighted by Gasteiger charge is 2.52. The number of benzene rings is 1. The Kier molecular flexibility index (Phi) is 4.38. The maximum absolute atomic E-state index is 6.13. The molecule has 2 aromatic rings. The molecular formula is C18H24BN3O2. The van der Waals surface area contributed by atoms with E-state index in [4.69, 9.17) is 15.0 Å². The van der Waals surface area contributed by atoms with E-state index in [-0.39, 0.29) is 11.2 Å². The molecule has 0 bridgehead atoms. The van der Waals surface area contributed by atoms with Gasteiger partial charge in [0.25, 0.3) is 0 Å². The van der Waals surface area contributed by atoms with E-state index < -0.39 is 7.12 Å². The first-order chi connectivity index (χ1) is 11.3. The molecule has 0 atom stereocenters. The van der Waals surface area contributed by atoms with Crippen LogP contribution in [-0.4, -0.2) is 35.1 Å². The number of H-pyrrole nitrogens is 1. The number of nitrogens with zero attached hydrogens (tertiary/aromatic N) is 1. The highest BCUT2D eigenvalue weighted by Crippen LogP contribution is 2.39. The summed E-state index contributed by atoms with van der Waals surface area (Å²) in [6.07, 6.45) is 3.80. The SMILES string of the molecule is CC1(C)OB(C(=Cc2ccccc2-c2ccn[nH]2)CN)OC1(C)C. The predicted octanol–water partition coefficient (Wildman–Crippen LogP) is 3.05. The number of nitrogens with one attached hydrogen (secondary N) is 1. The van der Waals surface area contributed by atoms with Crippen LogP contribution in [0.25, 0.3) is 17.3 Å². The summed E-state index contributed by atoms with van der Waals surface area (Å²) in [5, 5.41) is 7.04. The van der Waals surface area contributed by atoms with Crippen LogP contribution >= 0.6 is 0 Å². The molecule has 0 spiro atoms. The summed E-state index contributed by atoms with van der Waals surface area (Å²) >= 11 is 0. The van der Waals surface area contributed by atoms with Gasteiger partial charge in [-0.15, -0.1) is 0 Å². The summed E-state index contributed by atoms with van der Waals surface area (Å²) in [7, 11) is -0.435. The van der Waals surface area contributed by atoms with Crippen LogP contribution in [0.15, 0.2) is 42.0 Å². The molecule has 3 N–H and O–H groups in total. The average Bonchev–Trinajstić information content (AvgIpc) is 3.12. The van der Waals surface area contributed by atoms with E-state index in [2.05, 4.69) is 28.4 Å². The standard InChI is InChI=1S/C18H24BN3O2/c1-17(2)18(3,4)24-19(23-17)14(12-20)11-13-7-5-6-8-15(13)16-9-10-21-22-16/h5-11H,12,20H2,1-4H3,(H,21,22). The van der Waals surface area contributed by atoms with Crippen molar-refractivity contribution in [1.82, 2.24) is 10.2 Å². The molecule has 0 saturated carbocycles. The fourth-order valence-corrected chi connectivity index (χ4v) is 2.69.